The van der Waals surface area contributed by atoms with Crippen molar-refractivity contribution < 1.29 is 4.79 Å². The van der Waals surface area contributed by atoms with E-state index < -0.39 is 0 Å². The Balaban J connectivity index is 2.11. The number of hydrogen-bond donors (Lipinski definition) is 1. The van der Waals surface area contributed by atoms with E-state index in [1.807, 2.05) is 18.2 Å². The van der Waals surface area contributed by atoms with Crippen LogP contribution in [0, 0.1) is 0 Å². The van der Waals surface area contributed by atoms with E-state index in [9.17, 15) is 4.79 Å². The van der Waals surface area contributed by atoms with Crippen LogP contribution in [0.5, 0.6) is 0 Å². The van der Waals surface area contributed by atoms with Crippen molar-refractivity contribution in [3.05, 3.63) is 65.2 Å². The number of halogens is 1. The highest BCUT2D eigenvalue weighted by Gasteiger charge is 2.04. The van der Waals surface area contributed by atoms with Crippen LogP contribution in [-0.2, 0) is 0 Å². The molecule has 1 N–H and O–H groups in total. The van der Waals surface area contributed by atoms with Gasteiger partial charge in [0.05, 0.1) is 0 Å². The Kier molecular flexibility index (Phi) is 3.22. The number of carbonyl (C=O) groups is 1. The first-order valence-corrected chi connectivity index (χ1v) is 5.25. The summed E-state index contributed by atoms with van der Waals surface area (Å²) in [5, 5.41) is 3.44. The maximum absolute atomic E-state index is 11.8. The van der Waals surface area contributed by atoms with Crippen molar-refractivity contribution in [2.45, 2.75) is 0 Å². The largest absolute Gasteiger partial charge is 0.322 e. The number of rotatable bonds is 2. The molecule has 3 heteroatoms. The average molecular weight is 232 g/mol. The standard InChI is InChI=1S/C13H10ClNO/c14-11-6-8-12(9-7-11)15-13(16)10-4-2-1-3-5-10/h1-9H,(H,15,16). The lowest BCUT2D eigenvalue weighted by molar-refractivity contribution is 0.102. The third-order valence-corrected chi connectivity index (χ3v) is 2.39. The summed E-state index contributed by atoms with van der Waals surface area (Å²) in [4.78, 5) is 11.8. The van der Waals surface area contributed by atoms with E-state index >= 15 is 0 Å². The summed E-state index contributed by atoms with van der Waals surface area (Å²) in [6, 6.07) is 16.1. The lowest BCUT2D eigenvalue weighted by Crippen LogP contribution is -2.11. The SMILES string of the molecule is O=C(Nc1ccc(Cl)cc1)c1ccccc1. The number of benzene rings is 2. The molecule has 0 saturated carbocycles. The fourth-order valence-corrected chi connectivity index (χ4v) is 1.45. The fourth-order valence-electron chi connectivity index (χ4n) is 1.33. The molecule has 0 aliphatic rings. The van der Waals surface area contributed by atoms with E-state index in [1.54, 1.807) is 36.4 Å². The van der Waals surface area contributed by atoms with Crippen LogP contribution in [0.2, 0.25) is 5.02 Å². The van der Waals surface area contributed by atoms with Crippen molar-refractivity contribution in [1.29, 1.82) is 0 Å². The zero-order chi connectivity index (χ0) is 11.4. The first-order chi connectivity index (χ1) is 7.75. The topological polar surface area (TPSA) is 29.1 Å². The lowest BCUT2D eigenvalue weighted by atomic mass is 10.2. The summed E-state index contributed by atoms with van der Waals surface area (Å²) in [5.74, 6) is -0.122. The first kappa shape index (κ1) is 10.7. The smallest absolute Gasteiger partial charge is 0.255 e. The highest BCUT2D eigenvalue weighted by atomic mass is 35.5. The molecule has 0 aromatic heterocycles. The molecule has 2 aromatic carbocycles. The van der Waals surface area contributed by atoms with Gasteiger partial charge in [0.25, 0.3) is 5.91 Å². The monoisotopic (exact) mass is 231 g/mol. The number of carbonyl (C=O) groups excluding carboxylic acids is 1. The molecule has 2 rings (SSSR count). The van der Waals surface area contributed by atoms with Crippen LogP contribution < -0.4 is 5.32 Å². The molecule has 2 nitrogen and oxygen atoms in total. The van der Waals surface area contributed by atoms with Crippen molar-refractivity contribution in [1.82, 2.24) is 0 Å². The summed E-state index contributed by atoms with van der Waals surface area (Å²) in [7, 11) is 0. The molecule has 0 bridgehead atoms. The number of anilines is 1. The number of amides is 1. The molecule has 0 heterocycles. The Labute approximate surface area is 98.9 Å². The van der Waals surface area contributed by atoms with Crippen molar-refractivity contribution in [2.24, 2.45) is 0 Å². The van der Waals surface area contributed by atoms with Crippen LogP contribution in [0.3, 0.4) is 0 Å². The van der Waals surface area contributed by atoms with Gasteiger partial charge in [-0.05, 0) is 36.4 Å². The van der Waals surface area contributed by atoms with Crippen LogP contribution in [0.4, 0.5) is 5.69 Å². The van der Waals surface area contributed by atoms with Gasteiger partial charge < -0.3 is 5.32 Å². The van der Waals surface area contributed by atoms with E-state index in [4.69, 9.17) is 11.6 Å². The summed E-state index contributed by atoms with van der Waals surface area (Å²) < 4.78 is 0. The lowest BCUT2D eigenvalue weighted by Gasteiger charge is -2.04. The van der Waals surface area contributed by atoms with E-state index in [1.165, 1.54) is 0 Å². The highest BCUT2D eigenvalue weighted by molar-refractivity contribution is 6.30. The van der Waals surface area contributed by atoms with Gasteiger partial charge in [0, 0.05) is 16.3 Å². The summed E-state index contributed by atoms with van der Waals surface area (Å²) in [5.41, 5.74) is 1.37. The normalized spacial score (nSPS) is 9.81. The molecule has 0 unspecified atom stereocenters. The van der Waals surface area contributed by atoms with Gasteiger partial charge in [0.1, 0.15) is 0 Å². The third kappa shape index (κ3) is 2.61. The zero-order valence-corrected chi connectivity index (χ0v) is 9.24. The molecule has 2 aromatic rings. The molecule has 80 valence electrons. The van der Waals surface area contributed by atoms with Gasteiger partial charge in [-0.15, -0.1) is 0 Å². The molecule has 0 aliphatic carbocycles. The van der Waals surface area contributed by atoms with Crippen LogP contribution in [0.25, 0.3) is 0 Å². The van der Waals surface area contributed by atoms with Crippen LogP contribution in [0.15, 0.2) is 54.6 Å². The highest BCUT2D eigenvalue weighted by Crippen LogP contribution is 2.14. The molecule has 0 saturated heterocycles. The molecular weight excluding hydrogens is 222 g/mol. The number of nitrogens with one attached hydrogen (secondary N) is 1. The number of hydrogen-bond acceptors (Lipinski definition) is 1. The van der Waals surface area contributed by atoms with Gasteiger partial charge in [0.15, 0.2) is 0 Å². The van der Waals surface area contributed by atoms with Crippen LogP contribution >= 0.6 is 11.6 Å². The Bertz CT molecular complexity index is 479. The van der Waals surface area contributed by atoms with E-state index in [-0.39, 0.29) is 5.91 Å². The molecular formula is C13H10ClNO. The minimum absolute atomic E-state index is 0.122. The minimum Gasteiger partial charge on any atom is -0.322 e. The van der Waals surface area contributed by atoms with Gasteiger partial charge in [-0.2, -0.15) is 0 Å². The Hall–Kier alpha value is -1.80. The summed E-state index contributed by atoms with van der Waals surface area (Å²) >= 11 is 5.75. The van der Waals surface area contributed by atoms with Gasteiger partial charge in [-0.25, -0.2) is 0 Å². The van der Waals surface area contributed by atoms with Gasteiger partial charge in [-0.3, -0.25) is 4.79 Å². The molecule has 0 fully saturated rings. The maximum atomic E-state index is 11.8. The predicted molar refractivity (Wildman–Crippen MR) is 65.8 cm³/mol. The average Bonchev–Trinajstić information content (AvgIpc) is 2.33. The first-order valence-electron chi connectivity index (χ1n) is 4.88. The maximum Gasteiger partial charge on any atom is 0.255 e. The summed E-state index contributed by atoms with van der Waals surface area (Å²) in [6.45, 7) is 0. The fraction of sp³-hybridized carbons (Fsp3) is 0. The van der Waals surface area contributed by atoms with E-state index in [0.717, 1.165) is 5.69 Å². The van der Waals surface area contributed by atoms with Gasteiger partial charge in [-0.1, -0.05) is 29.8 Å². The molecule has 0 spiro atoms. The summed E-state index contributed by atoms with van der Waals surface area (Å²) in [6.07, 6.45) is 0. The quantitative estimate of drug-likeness (QED) is 0.841. The van der Waals surface area contributed by atoms with E-state index in [0.29, 0.717) is 10.6 Å². The molecule has 0 atom stereocenters. The van der Waals surface area contributed by atoms with Gasteiger partial charge in [0.2, 0.25) is 0 Å². The Morgan fingerprint density at radius 2 is 1.56 bits per heavy atom. The predicted octanol–water partition coefficient (Wildman–Crippen LogP) is 3.59. The third-order valence-electron chi connectivity index (χ3n) is 2.14. The molecule has 1 amide bonds. The second kappa shape index (κ2) is 4.81. The molecule has 0 aliphatic heterocycles. The minimum atomic E-state index is -0.122. The Morgan fingerprint density at radius 3 is 2.19 bits per heavy atom. The van der Waals surface area contributed by atoms with E-state index in [2.05, 4.69) is 5.32 Å². The van der Waals surface area contributed by atoms with Crippen molar-refractivity contribution in [3.8, 4) is 0 Å². The van der Waals surface area contributed by atoms with Crippen LogP contribution in [-0.4, -0.2) is 5.91 Å². The van der Waals surface area contributed by atoms with Crippen molar-refractivity contribution in [3.63, 3.8) is 0 Å². The molecule has 16 heavy (non-hydrogen) atoms. The second-order valence-electron chi connectivity index (χ2n) is 3.33. The second-order valence-corrected chi connectivity index (χ2v) is 3.76. The van der Waals surface area contributed by atoms with Crippen molar-refractivity contribution >= 4 is 23.2 Å². The van der Waals surface area contributed by atoms with Gasteiger partial charge >= 0.3 is 0 Å². The zero-order valence-electron chi connectivity index (χ0n) is 8.48. The van der Waals surface area contributed by atoms with Crippen LogP contribution in [0.1, 0.15) is 10.4 Å². The van der Waals surface area contributed by atoms with Crippen molar-refractivity contribution in [2.75, 3.05) is 5.32 Å². The molecule has 0 radical (unpaired) electrons. The Morgan fingerprint density at radius 1 is 0.938 bits per heavy atom.